The topological polar surface area (TPSA) is 116 Å². The van der Waals surface area contributed by atoms with E-state index in [0.717, 1.165) is 27.7 Å². The Morgan fingerprint density at radius 1 is 1.03 bits per heavy atom. The van der Waals surface area contributed by atoms with Gasteiger partial charge in [0.1, 0.15) is 11.3 Å². The summed E-state index contributed by atoms with van der Waals surface area (Å²) in [5.41, 5.74) is 15.8. The zero-order chi connectivity index (χ0) is 21.5. The van der Waals surface area contributed by atoms with E-state index in [9.17, 15) is 4.79 Å². The molecule has 3 aromatic heterocycles. The fourth-order valence-electron chi connectivity index (χ4n) is 3.85. The number of anilines is 2. The van der Waals surface area contributed by atoms with Crippen LogP contribution < -0.4 is 16.8 Å². The smallest absolute Gasteiger partial charge is 0.254 e. The number of hydrogen-bond donors (Lipinski definition) is 3. The highest BCUT2D eigenvalue weighted by Gasteiger charge is 2.17. The molecule has 154 valence electrons. The predicted octanol–water partition coefficient (Wildman–Crippen LogP) is 3.27. The number of amides is 1. The molecule has 5 rings (SSSR count). The Morgan fingerprint density at radius 3 is 2.61 bits per heavy atom. The standard InChI is InChI=1S/C23H21N7O/c1-14-12-17-16(21(25)31)8-5-9-18(17)29(14)23-27-22(19-10-11-20(24)30(19)28-23)26-13-15-6-3-2-4-7-15/h2-12H,13,24H2,1H3,(H2,25,31)(H,26,27,28). The summed E-state index contributed by atoms with van der Waals surface area (Å²) in [6.45, 7) is 2.55. The largest absolute Gasteiger partial charge is 0.384 e. The van der Waals surface area contributed by atoms with E-state index in [4.69, 9.17) is 16.5 Å². The molecule has 0 aliphatic heterocycles. The number of benzene rings is 2. The number of nitrogens with one attached hydrogen (secondary N) is 1. The van der Waals surface area contributed by atoms with Gasteiger partial charge in [0, 0.05) is 23.2 Å². The van der Waals surface area contributed by atoms with Crippen LogP contribution in [0.15, 0.2) is 66.7 Å². The lowest BCUT2D eigenvalue weighted by atomic mass is 10.1. The molecule has 0 unspecified atom stereocenters. The van der Waals surface area contributed by atoms with Gasteiger partial charge in [-0.1, -0.05) is 36.4 Å². The fourth-order valence-corrected chi connectivity index (χ4v) is 3.85. The van der Waals surface area contributed by atoms with Crippen molar-refractivity contribution in [2.75, 3.05) is 11.1 Å². The molecule has 0 fully saturated rings. The molecule has 31 heavy (non-hydrogen) atoms. The molecule has 5 aromatic rings. The van der Waals surface area contributed by atoms with Crippen molar-refractivity contribution in [1.82, 2.24) is 19.2 Å². The lowest BCUT2D eigenvalue weighted by molar-refractivity contribution is 0.100. The Bertz CT molecular complexity index is 1430. The normalized spacial score (nSPS) is 11.3. The first-order valence-corrected chi connectivity index (χ1v) is 9.87. The van der Waals surface area contributed by atoms with Crippen LogP contribution in [0.3, 0.4) is 0 Å². The van der Waals surface area contributed by atoms with Gasteiger partial charge in [-0.25, -0.2) is 4.52 Å². The average molecular weight is 411 g/mol. The van der Waals surface area contributed by atoms with Gasteiger partial charge in [0.05, 0.1) is 5.52 Å². The van der Waals surface area contributed by atoms with E-state index in [2.05, 4.69) is 10.4 Å². The van der Waals surface area contributed by atoms with Gasteiger partial charge in [-0.3, -0.25) is 9.36 Å². The average Bonchev–Trinajstić information content (AvgIpc) is 3.31. The highest BCUT2D eigenvalue weighted by atomic mass is 16.1. The van der Waals surface area contributed by atoms with Gasteiger partial charge >= 0.3 is 0 Å². The summed E-state index contributed by atoms with van der Waals surface area (Å²) < 4.78 is 3.56. The van der Waals surface area contributed by atoms with E-state index < -0.39 is 5.91 Å². The van der Waals surface area contributed by atoms with E-state index in [1.165, 1.54) is 0 Å². The van der Waals surface area contributed by atoms with Crippen LogP contribution in [0.2, 0.25) is 0 Å². The number of fused-ring (bicyclic) bond motifs is 2. The summed E-state index contributed by atoms with van der Waals surface area (Å²) >= 11 is 0. The number of rotatable bonds is 5. The quantitative estimate of drug-likeness (QED) is 0.410. The van der Waals surface area contributed by atoms with Crippen LogP contribution in [0.25, 0.3) is 22.4 Å². The van der Waals surface area contributed by atoms with Crippen LogP contribution in [-0.2, 0) is 6.54 Å². The number of nitrogen functional groups attached to an aromatic ring is 1. The van der Waals surface area contributed by atoms with Crippen molar-refractivity contribution < 1.29 is 4.79 Å². The van der Waals surface area contributed by atoms with Gasteiger partial charge in [0.2, 0.25) is 5.91 Å². The molecule has 0 spiro atoms. The summed E-state index contributed by atoms with van der Waals surface area (Å²) in [6.07, 6.45) is 0. The van der Waals surface area contributed by atoms with Crippen LogP contribution in [0, 0.1) is 6.92 Å². The molecule has 0 aliphatic carbocycles. The lowest BCUT2D eigenvalue weighted by Gasteiger charge is -2.13. The zero-order valence-electron chi connectivity index (χ0n) is 16.9. The van der Waals surface area contributed by atoms with Gasteiger partial charge in [-0.05, 0) is 42.8 Å². The zero-order valence-corrected chi connectivity index (χ0v) is 16.9. The van der Waals surface area contributed by atoms with Gasteiger partial charge in [0.25, 0.3) is 5.95 Å². The second kappa shape index (κ2) is 7.17. The fraction of sp³-hybridized carbons (Fsp3) is 0.0870. The number of nitrogens with zero attached hydrogens (tertiary/aromatic N) is 4. The summed E-state index contributed by atoms with van der Waals surface area (Å²) in [6, 6.07) is 21.1. The maximum atomic E-state index is 11.9. The molecule has 5 N–H and O–H groups in total. The van der Waals surface area contributed by atoms with E-state index in [0.29, 0.717) is 29.7 Å². The van der Waals surface area contributed by atoms with Gasteiger partial charge < -0.3 is 16.8 Å². The Morgan fingerprint density at radius 2 is 1.84 bits per heavy atom. The highest BCUT2D eigenvalue weighted by Crippen LogP contribution is 2.27. The first-order chi connectivity index (χ1) is 15.0. The molecular weight excluding hydrogens is 390 g/mol. The third-order valence-corrected chi connectivity index (χ3v) is 5.33. The molecule has 8 heteroatoms. The van der Waals surface area contributed by atoms with E-state index in [1.54, 1.807) is 22.7 Å². The van der Waals surface area contributed by atoms with Crippen LogP contribution >= 0.6 is 0 Å². The molecule has 0 radical (unpaired) electrons. The molecule has 0 bridgehead atoms. The van der Waals surface area contributed by atoms with E-state index >= 15 is 0 Å². The van der Waals surface area contributed by atoms with Gasteiger partial charge in [0.15, 0.2) is 5.82 Å². The summed E-state index contributed by atoms with van der Waals surface area (Å²) in [4.78, 5) is 16.7. The number of carbonyl (C=O) groups is 1. The summed E-state index contributed by atoms with van der Waals surface area (Å²) in [7, 11) is 0. The molecule has 3 heterocycles. The molecule has 0 aliphatic rings. The predicted molar refractivity (Wildman–Crippen MR) is 121 cm³/mol. The van der Waals surface area contributed by atoms with Crippen LogP contribution in [0.1, 0.15) is 21.6 Å². The molecule has 1 amide bonds. The SMILES string of the molecule is Cc1cc2c(C(N)=O)cccc2n1-c1nc(NCc2ccccc2)c2ccc(N)n2n1. The van der Waals surface area contributed by atoms with Crippen molar-refractivity contribution in [1.29, 1.82) is 0 Å². The highest BCUT2D eigenvalue weighted by molar-refractivity contribution is 6.06. The van der Waals surface area contributed by atoms with Crippen molar-refractivity contribution in [3.63, 3.8) is 0 Å². The first kappa shape index (κ1) is 18.7. The summed E-state index contributed by atoms with van der Waals surface area (Å²) in [5, 5.41) is 8.83. The van der Waals surface area contributed by atoms with Crippen LogP contribution in [0.5, 0.6) is 0 Å². The van der Waals surface area contributed by atoms with Crippen molar-refractivity contribution in [3.05, 3.63) is 83.6 Å². The van der Waals surface area contributed by atoms with E-state index in [-0.39, 0.29) is 0 Å². The Hall–Kier alpha value is -4.33. The monoisotopic (exact) mass is 411 g/mol. The molecule has 2 aromatic carbocycles. The molecule has 0 saturated heterocycles. The van der Waals surface area contributed by atoms with Crippen molar-refractivity contribution >= 4 is 34.0 Å². The van der Waals surface area contributed by atoms with Crippen LogP contribution in [-0.4, -0.2) is 25.1 Å². The number of aromatic nitrogens is 4. The second-order valence-corrected chi connectivity index (χ2v) is 7.38. The second-order valence-electron chi connectivity index (χ2n) is 7.38. The third kappa shape index (κ3) is 3.14. The van der Waals surface area contributed by atoms with Gasteiger partial charge in [-0.15, -0.1) is 5.10 Å². The maximum Gasteiger partial charge on any atom is 0.254 e. The lowest BCUT2D eigenvalue weighted by Crippen LogP contribution is -2.13. The number of nitrogens with two attached hydrogens (primary N) is 2. The molecular formula is C23H21N7O. The minimum absolute atomic E-state index is 0.445. The Balaban J connectivity index is 1.67. The number of hydrogen-bond acceptors (Lipinski definition) is 5. The summed E-state index contributed by atoms with van der Waals surface area (Å²) in [5.74, 6) is 1.14. The molecule has 0 atom stereocenters. The van der Waals surface area contributed by atoms with Crippen molar-refractivity contribution in [2.24, 2.45) is 5.73 Å². The number of aryl methyl sites for hydroxylation is 1. The van der Waals surface area contributed by atoms with Gasteiger partial charge in [-0.2, -0.15) is 4.98 Å². The third-order valence-electron chi connectivity index (χ3n) is 5.33. The Kier molecular flexibility index (Phi) is 4.32. The minimum Gasteiger partial charge on any atom is -0.384 e. The Labute approximate surface area is 178 Å². The molecule has 0 saturated carbocycles. The number of carbonyl (C=O) groups excluding carboxylic acids is 1. The van der Waals surface area contributed by atoms with Crippen molar-refractivity contribution in [3.8, 4) is 5.95 Å². The maximum absolute atomic E-state index is 11.9. The van der Waals surface area contributed by atoms with E-state index in [1.807, 2.05) is 60.0 Å². The number of primary amides is 1. The van der Waals surface area contributed by atoms with Crippen molar-refractivity contribution in [2.45, 2.75) is 13.5 Å². The van der Waals surface area contributed by atoms with Crippen LogP contribution in [0.4, 0.5) is 11.6 Å². The molecule has 8 nitrogen and oxygen atoms in total. The minimum atomic E-state index is -0.473. The first-order valence-electron chi connectivity index (χ1n) is 9.87.